The minimum atomic E-state index is -4.56. The van der Waals surface area contributed by atoms with Crippen LogP contribution >= 0.6 is 23.2 Å². The number of carbonyl (C=O) groups excluding carboxylic acids is 1. The van der Waals surface area contributed by atoms with E-state index in [4.69, 9.17) is 23.2 Å². The van der Waals surface area contributed by atoms with Crippen LogP contribution in [0.2, 0.25) is 0 Å². The van der Waals surface area contributed by atoms with Crippen molar-refractivity contribution in [3.8, 4) is 0 Å². The molecule has 0 spiro atoms. The van der Waals surface area contributed by atoms with Crippen molar-refractivity contribution in [3.05, 3.63) is 11.6 Å². The molecule has 3 rings (SSSR count). The third kappa shape index (κ3) is 2.38. The summed E-state index contributed by atoms with van der Waals surface area (Å²) in [6.45, 7) is 1.76. The highest BCUT2D eigenvalue weighted by Crippen LogP contribution is 2.54. The first-order valence-corrected chi connectivity index (χ1v) is 7.07. The van der Waals surface area contributed by atoms with Crippen molar-refractivity contribution in [1.82, 2.24) is 19.7 Å². The van der Waals surface area contributed by atoms with Crippen LogP contribution in [0.4, 0.5) is 13.2 Å². The third-order valence-corrected chi connectivity index (χ3v) is 4.68. The van der Waals surface area contributed by atoms with Crippen molar-refractivity contribution in [2.75, 3.05) is 6.54 Å². The molecule has 0 aromatic carbocycles. The summed E-state index contributed by atoms with van der Waals surface area (Å²) in [6, 6.07) is -0.598. The van der Waals surface area contributed by atoms with Gasteiger partial charge in [-0.1, -0.05) is 0 Å². The lowest BCUT2D eigenvalue weighted by Gasteiger charge is -2.34. The van der Waals surface area contributed by atoms with Gasteiger partial charge in [-0.25, -0.2) is 0 Å². The van der Waals surface area contributed by atoms with Crippen molar-refractivity contribution in [3.63, 3.8) is 0 Å². The minimum absolute atomic E-state index is 0.00243. The molecule has 1 aliphatic heterocycles. The fraction of sp³-hybridized carbons (Fsp3) is 0.727. The van der Waals surface area contributed by atoms with Crippen molar-refractivity contribution in [2.45, 2.75) is 36.4 Å². The number of hydrogen-bond donors (Lipinski definition) is 0. The summed E-state index contributed by atoms with van der Waals surface area (Å²) in [5, 5.41) is 6.79. The maximum atomic E-state index is 12.8. The molecule has 0 saturated heterocycles. The second kappa shape index (κ2) is 4.49. The highest BCUT2D eigenvalue weighted by Gasteiger charge is 2.58. The normalized spacial score (nSPS) is 27.4. The van der Waals surface area contributed by atoms with Crippen molar-refractivity contribution in [2.24, 2.45) is 5.92 Å². The highest BCUT2D eigenvalue weighted by molar-refractivity contribution is 6.52. The number of rotatable bonds is 1. The maximum absolute atomic E-state index is 12.8. The number of alkyl halides is 5. The Balaban J connectivity index is 1.85. The number of fused-ring (bicyclic) bond motifs is 1. The topological polar surface area (TPSA) is 51.0 Å². The van der Waals surface area contributed by atoms with Crippen LogP contribution in [0.5, 0.6) is 0 Å². The summed E-state index contributed by atoms with van der Waals surface area (Å²) in [4.78, 5) is 13.7. The molecule has 2 unspecified atom stereocenters. The van der Waals surface area contributed by atoms with E-state index in [0.29, 0.717) is 6.42 Å². The van der Waals surface area contributed by atoms with Crippen LogP contribution in [-0.2, 0) is 17.5 Å². The van der Waals surface area contributed by atoms with Gasteiger partial charge in [0.1, 0.15) is 4.33 Å². The first-order valence-electron chi connectivity index (χ1n) is 6.31. The van der Waals surface area contributed by atoms with Crippen LogP contribution in [-0.4, -0.2) is 36.4 Å². The molecular formula is C11H11Cl2F3N4O. The van der Waals surface area contributed by atoms with E-state index in [9.17, 15) is 18.0 Å². The summed E-state index contributed by atoms with van der Waals surface area (Å²) in [7, 11) is 0. The van der Waals surface area contributed by atoms with E-state index >= 15 is 0 Å². The summed E-state index contributed by atoms with van der Waals surface area (Å²) in [6.07, 6.45) is -4.20. The molecule has 1 saturated carbocycles. The van der Waals surface area contributed by atoms with Gasteiger partial charge in [0.15, 0.2) is 5.82 Å². The first kappa shape index (κ1) is 14.9. The second-order valence-corrected chi connectivity index (χ2v) is 6.80. The smallest absolute Gasteiger partial charge is 0.331 e. The predicted octanol–water partition coefficient (Wildman–Crippen LogP) is 2.39. The van der Waals surface area contributed by atoms with Gasteiger partial charge in [0, 0.05) is 13.1 Å². The lowest BCUT2D eigenvalue weighted by atomic mass is 10.2. The van der Waals surface area contributed by atoms with Crippen molar-refractivity contribution in [1.29, 1.82) is 0 Å². The van der Waals surface area contributed by atoms with Crippen LogP contribution < -0.4 is 0 Å². The number of nitrogens with zero attached hydrogens (tertiary/aromatic N) is 4. The number of aromatic nitrogens is 3. The molecule has 0 N–H and O–H groups in total. The van der Waals surface area contributed by atoms with Gasteiger partial charge in [-0.05, 0) is 13.3 Å². The maximum Gasteiger partial charge on any atom is 0.451 e. The third-order valence-electron chi connectivity index (χ3n) is 3.85. The fourth-order valence-corrected chi connectivity index (χ4v) is 3.07. The summed E-state index contributed by atoms with van der Waals surface area (Å²) >= 11 is 11.7. The zero-order chi connectivity index (χ0) is 15.6. The highest BCUT2D eigenvalue weighted by atomic mass is 35.5. The standard InChI is InChI=1S/C11H11Cl2F3N4O/c1-5-7-17-18-9(11(14,15)16)20(7)3-2-19(5)8(21)6-4-10(6,12)13/h5-6H,2-4H2,1H3. The largest absolute Gasteiger partial charge is 0.451 e. The number of halogens is 5. The Hall–Kier alpha value is -1.02. The Morgan fingerprint density at radius 1 is 1.33 bits per heavy atom. The predicted molar refractivity (Wildman–Crippen MR) is 67.7 cm³/mol. The zero-order valence-corrected chi connectivity index (χ0v) is 12.4. The van der Waals surface area contributed by atoms with Crippen LogP contribution in [0, 0.1) is 5.92 Å². The Bertz CT molecular complexity index is 601. The van der Waals surface area contributed by atoms with Crippen molar-refractivity contribution >= 4 is 29.1 Å². The first-order chi connectivity index (χ1) is 9.63. The molecule has 10 heteroatoms. The van der Waals surface area contributed by atoms with E-state index in [1.165, 1.54) is 4.90 Å². The van der Waals surface area contributed by atoms with E-state index in [1.807, 2.05) is 0 Å². The van der Waals surface area contributed by atoms with Gasteiger partial charge in [-0.3, -0.25) is 4.79 Å². The Labute approximate surface area is 128 Å². The van der Waals surface area contributed by atoms with E-state index < -0.39 is 28.3 Å². The van der Waals surface area contributed by atoms with Gasteiger partial charge in [-0.2, -0.15) is 13.2 Å². The SMILES string of the molecule is CC1c2nnc(C(F)(F)F)n2CCN1C(=O)C1CC1(Cl)Cl. The van der Waals surface area contributed by atoms with Gasteiger partial charge in [0.05, 0.1) is 12.0 Å². The van der Waals surface area contributed by atoms with E-state index in [2.05, 4.69) is 10.2 Å². The van der Waals surface area contributed by atoms with Crippen molar-refractivity contribution < 1.29 is 18.0 Å². The average Bonchev–Trinajstić information content (AvgIpc) is 2.83. The second-order valence-electron chi connectivity index (χ2n) is 5.26. The minimum Gasteiger partial charge on any atom is -0.331 e. The molecular weight excluding hydrogens is 332 g/mol. The monoisotopic (exact) mass is 342 g/mol. The molecule has 1 aromatic rings. The van der Waals surface area contributed by atoms with E-state index in [1.54, 1.807) is 6.92 Å². The fourth-order valence-electron chi connectivity index (χ4n) is 2.58. The van der Waals surface area contributed by atoms with E-state index in [-0.39, 0.29) is 24.8 Å². The molecule has 5 nitrogen and oxygen atoms in total. The van der Waals surface area contributed by atoms with Crippen LogP contribution in [0.25, 0.3) is 0 Å². The lowest BCUT2D eigenvalue weighted by molar-refractivity contribution is -0.148. The van der Waals surface area contributed by atoms with E-state index in [0.717, 1.165) is 4.57 Å². The van der Waals surface area contributed by atoms with Gasteiger partial charge in [-0.15, -0.1) is 33.4 Å². The molecule has 2 aliphatic rings. The molecule has 0 bridgehead atoms. The molecule has 1 aromatic heterocycles. The van der Waals surface area contributed by atoms with Gasteiger partial charge in [0.25, 0.3) is 0 Å². The number of hydrogen-bond acceptors (Lipinski definition) is 3. The van der Waals surface area contributed by atoms with Crippen LogP contribution in [0.1, 0.15) is 31.0 Å². The zero-order valence-electron chi connectivity index (χ0n) is 10.9. The molecule has 1 fully saturated rings. The number of carbonyl (C=O) groups is 1. The summed E-state index contributed by atoms with van der Waals surface area (Å²) in [5.41, 5.74) is 0. The summed E-state index contributed by atoms with van der Waals surface area (Å²) in [5.74, 6) is -1.67. The van der Waals surface area contributed by atoms with Gasteiger partial charge < -0.3 is 9.47 Å². The van der Waals surface area contributed by atoms with Crippen LogP contribution in [0.15, 0.2) is 0 Å². The van der Waals surface area contributed by atoms with Crippen LogP contribution in [0.3, 0.4) is 0 Å². The molecule has 2 atom stereocenters. The molecule has 116 valence electrons. The molecule has 1 aliphatic carbocycles. The molecule has 21 heavy (non-hydrogen) atoms. The number of amides is 1. The lowest BCUT2D eigenvalue weighted by Crippen LogP contribution is -2.43. The van der Waals surface area contributed by atoms with Gasteiger partial charge in [0.2, 0.25) is 11.7 Å². The Kier molecular flexibility index (Phi) is 3.18. The summed E-state index contributed by atoms with van der Waals surface area (Å²) < 4.78 is 38.3. The quantitative estimate of drug-likeness (QED) is 0.736. The molecule has 0 radical (unpaired) electrons. The average molecular weight is 343 g/mol. The van der Waals surface area contributed by atoms with Gasteiger partial charge >= 0.3 is 6.18 Å². The Morgan fingerprint density at radius 3 is 2.48 bits per heavy atom. The Morgan fingerprint density at radius 2 is 1.95 bits per heavy atom. The molecule has 2 heterocycles. The molecule has 1 amide bonds.